The number of carbonyl (C=O) groups is 2. The van der Waals surface area contributed by atoms with Crippen molar-refractivity contribution in [2.24, 2.45) is 0 Å². The highest BCUT2D eigenvalue weighted by atomic mass is 16.4. The number of aromatic nitrogens is 2. The van der Waals surface area contributed by atoms with Gasteiger partial charge in [-0.3, -0.25) is 14.5 Å². The third kappa shape index (κ3) is 4.78. The Bertz CT molecular complexity index is 1160. The van der Waals surface area contributed by atoms with Crippen LogP contribution < -0.4 is 10.9 Å². The van der Waals surface area contributed by atoms with Gasteiger partial charge in [0.1, 0.15) is 0 Å². The van der Waals surface area contributed by atoms with E-state index in [-0.39, 0.29) is 11.7 Å². The molecule has 4 atom stereocenters. The molecule has 36 heavy (non-hydrogen) atoms. The molecule has 3 fully saturated rings. The van der Waals surface area contributed by atoms with Crippen LogP contribution in [0.2, 0.25) is 0 Å². The summed E-state index contributed by atoms with van der Waals surface area (Å²) >= 11 is 0. The molecule has 0 radical (unpaired) electrons. The Morgan fingerprint density at radius 1 is 0.944 bits per heavy atom. The Labute approximate surface area is 210 Å². The summed E-state index contributed by atoms with van der Waals surface area (Å²) in [6, 6.07) is 7.24. The van der Waals surface area contributed by atoms with Crippen LogP contribution in [-0.2, 0) is 4.79 Å². The Morgan fingerprint density at radius 2 is 1.58 bits per heavy atom. The molecule has 1 amide bonds. The second-order valence-corrected chi connectivity index (χ2v) is 10.6. The molecule has 1 aromatic heterocycles. The van der Waals surface area contributed by atoms with E-state index in [1.807, 2.05) is 12.1 Å². The number of aliphatic hydroxyl groups excluding tert-OH is 1. The van der Waals surface area contributed by atoms with Gasteiger partial charge in [-0.05, 0) is 50.7 Å². The largest absolute Gasteiger partial charge is 0.480 e. The highest BCUT2D eigenvalue weighted by molar-refractivity contribution is 5.96. The Morgan fingerprint density at radius 3 is 2.22 bits per heavy atom. The number of benzene rings is 1. The fourth-order valence-electron chi connectivity index (χ4n) is 6.80. The first-order valence-electron chi connectivity index (χ1n) is 13.4. The molecule has 3 heterocycles. The predicted molar refractivity (Wildman–Crippen MR) is 135 cm³/mol. The molecule has 3 aliphatic rings. The van der Waals surface area contributed by atoms with Crippen LogP contribution in [0.15, 0.2) is 29.1 Å². The maximum Gasteiger partial charge on any atom is 0.328 e. The number of piperidine rings is 1. The molecule has 194 valence electrons. The highest BCUT2D eigenvalue weighted by Crippen LogP contribution is 2.44. The minimum atomic E-state index is -1.50. The Kier molecular flexibility index (Phi) is 7.39. The molecule has 0 spiro atoms. The van der Waals surface area contributed by atoms with E-state index in [2.05, 4.69) is 15.2 Å². The van der Waals surface area contributed by atoms with Gasteiger partial charge in [-0.15, -0.1) is 0 Å². The lowest BCUT2D eigenvalue weighted by Gasteiger charge is -2.45. The van der Waals surface area contributed by atoms with Crippen LogP contribution in [0.3, 0.4) is 0 Å². The van der Waals surface area contributed by atoms with Gasteiger partial charge in [0.25, 0.3) is 11.5 Å². The van der Waals surface area contributed by atoms with E-state index in [1.54, 1.807) is 16.7 Å². The number of hydrogen-bond acceptors (Lipinski definition) is 6. The molecule has 2 bridgehead atoms. The number of hydrogen-bond donors (Lipinski definition) is 3. The maximum atomic E-state index is 13.7. The second-order valence-electron chi connectivity index (χ2n) is 10.6. The number of rotatable bonds is 6. The minimum Gasteiger partial charge on any atom is -0.480 e. The van der Waals surface area contributed by atoms with Gasteiger partial charge in [-0.2, -0.15) is 0 Å². The first-order valence-corrected chi connectivity index (χ1v) is 13.4. The number of aliphatic carboxylic acids is 1. The number of carboxylic acid groups (broad SMARTS) is 1. The lowest BCUT2D eigenvalue weighted by Crippen LogP contribution is -2.51. The summed E-state index contributed by atoms with van der Waals surface area (Å²) in [5.41, 5.74) is 0.382. The van der Waals surface area contributed by atoms with E-state index in [0.29, 0.717) is 29.2 Å². The van der Waals surface area contributed by atoms with Crippen LogP contribution in [0, 0.1) is 0 Å². The normalized spacial score (nSPS) is 26.3. The average molecular weight is 497 g/mol. The summed E-state index contributed by atoms with van der Waals surface area (Å²) in [5.74, 6) is -2.25. The van der Waals surface area contributed by atoms with Crippen molar-refractivity contribution in [2.75, 3.05) is 6.61 Å². The first kappa shape index (κ1) is 24.9. The number of fused-ring (bicyclic) bond motifs is 3. The smallest absolute Gasteiger partial charge is 0.328 e. The number of para-hydroxylation sites is 2. The highest BCUT2D eigenvalue weighted by Gasteiger charge is 2.44. The van der Waals surface area contributed by atoms with Crippen molar-refractivity contribution in [2.45, 2.75) is 101 Å². The van der Waals surface area contributed by atoms with E-state index in [9.17, 15) is 24.6 Å². The second kappa shape index (κ2) is 10.7. The van der Waals surface area contributed by atoms with Crippen molar-refractivity contribution in [3.05, 3.63) is 40.3 Å². The van der Waals surface area contributed by atoms with Crippen molar-refractivity contribution in [1.82, 2.24) is 19.8 Å². The van der Waals surface area contributed by atoms with Gasteiger partial charge in [0.05, 0.1) is 17.6 Å². The van der Waals surface area contributed by atoms with Gasteiger partial charge in [-0.1, -0.05) is 44.2 Å². The van der Waals surface area contributed by atoms with Gasteiger partial charge < -0.3 is 20.1 Å². The lowest BCUT2D eigenvalue weighted by molar-refractivity contribution is -0.140. The maximum absolute atomic E-state index is 13.7. The van der Waals surface area contributed by atoms with E-state index in [0.717, 1.165) is 25.7 Å². The van der Waals surface area contributed by atoms with E-state index < -0.39 is 30.1 Å². The number of nitrogens with zero attached hydrogens (tertiary/aromatic N) is 3. The predicted octanol–water partition coefficient (Wildman–Crippen LogP) is 2.85. The van der Waals surface area contributed by atoms with Crippen LogP contribution in [0.1, 0.15) is 87.2 Å². The molecule has 9 heteroatoms. The minimum absolute atomic E-state index is 0.0487. The summed E-state index contributed by atoms with van der Waals surface area (Å²) in [6.45, 7) is -0.772. The fraction of sp³-hybridized carbons (Fsp3) is 0.630. The monoisotopic (exact) mass is 496 g/mol. The molecule has 3 N–H and O–H groups in total. The van der Waals surface area contributed by atoms with Gasteiger partial charge >= 0.3 is 5.97 Å². The zero-order valence-corrected chi connectivity index (χ0v) is 20.6. The topological polar surface area (TPSA) is 125 Å². The van der Waals surface area contributed by atoms with Crippen molar-refractivity contribution in [3.8, 4) is 0 Å². The van der Waals surface area contributed by atoms with Gasteiger partial charge in [0, 0.05) is 24.2 Å². The van der Waals surface area contributed by atoms with Gasteiger partial charge in [0.15, 0.2) is 11.7 Å². The molecule has 1 saturated carbocycles. The van der Waals surface area contributed by atoms with Crippen molar-refractivity contribution < 1.29 is 19.8 Å². The number of nitrogens with one attached hydrogen (secondary N) is 1. The Balaban J connectivity index is 1.46. The molecule has 2 unspecified atom stereocenters. The number of carbonyl (C=O) groups excluding carboxylic acids is 1. The zero-order chi connectivity index (χ0) is 25.2. The summed E-state index contributed by atoms with van der Waals surface area (Å²) in [6.07, 6.45) is 13.1. The summed E-state index contributed by atoms with van der Waals surface area (Å²) < 4.78 is 1.73. The number of aliphatic hydroxyl groups is 1. The molecule has 2 aromatic rings. The molecular weight excluding hydrogens is 460 g/mol. The SMILES string of the molecule is O=C(NC(CO)C(=O)O)c1nc2ccccc2n(C2C[C@H]3CC[C@@H](C2)N3C2CCCCCCC2)c1=O. The van der Waals surface area contributed by atoms with Crippen molar-refractivity contribution >= 4 is 22.9 Å². The zero-order valence-electron chi connectivity index (χ0n) is 20.6. The summed E-state index contributed by atoms with van der Waals surface area (Å²) in [5, 5.41) is 20.8. The summed E-state index contributed by atoms with van der Waals surface area (Å²) in [4.78, 5) is 45.0. The quantitative estimate of drug-likeness (QED) is 0.562. The van der Waals surface area contributed by atoms with Crippen LogP contribution in [-0.4, -0.2) is 67.3 Å². The molecule has 5 rings (SSSR count). The molecule has 1 aliphatic carbocycles. The standard InChI is InChI=1S/C27H36N4O5/c32-16-22(27(35)36)29-25(33)24-26(34)31(23-11-7-6-10-21(23)28-24)20-14-18-12-13-19(15-20)30(18)17-8-4-2-1-3-5-9-17/h6-7,10-11,17-20,22,32H,1-5,8-9,12-16H2,(H,29,33)(H,35,36)/t18-,19+,20?,22?. The fourth-order valence-corrected chi connectivity index (χ4v) is 6.80. The third-order valence-electron chi connectivity index (χ3n) is 8.42. The summed E-state index contributed by atoms with van der Waals surface area (Å²) in [7, 11) is 0. The molecule has 9 nitrogen and oxygen atoms in total. The number of amides is 1. The molecule has 2 saturated heterocycles. The number of carboxylic acids is 1. The van der Waals surface area contributed by atoms with Crippen LogP contribution in [0.25, 0.3) is 11.0 Å². The van der Waals surface area contributed by atoms with Crippen LogP contribution >= 0.6 is 0 Å². The van der Waals surface area contributed by atoms with Gasteiger partial charge in [-0.25, -0.2) is 9.78 Å². The average Bonchev–Trinajstić information content (AvgIpc) is 3.10. The van der Waals surface area contributed by atoms with E-state index in [1.165, 1.54) is 44.9 Å². The molecular formula is C27H36N4O5. The first-order chi connectivity index (χ1) is 17.5. The van der Waals surface area contributed by atoms with Crippen LogP contribution in [0.4, 0.5) is 0 Å². The third-order valence-corrected chi connectivity index (χ3v) is 8.42. The van der Waals surface area contributed by atoms with Crippen LogP contribution in [0.5, 0.6) is 0 Å². The lowest BCUT2D eigenvalue weighted by atomic mass is 9.89. The van der Waals surface area contributed by atoms with Crippen molar-refractivity contribution in [3.63, 3.8) is 0 Å². The van der Waals surface area contributed by atoms with E-state index >= 15 is 0 Å². The van der Waals surface area contributed by atoms with Gasteiger partial charge in [0.2, 0.25) is 0 Å². The molecule has 2 aliphatic heterocycles. The Hall–Kier alpha value is -2.78. The van der Waals surface area contributed by atoms with Crippen molar-refractivity contribution in [1.29, 1.82) is 0 Å². The molecule has 1 aromatic carbocycles. The van der Waals surface area contributed by atoms with E-state index in [4.69, 9.17) is 0 Å².